The van der Waals surface area contributed by atoms with Gasteiger partial charge >= 0.3 is 0 Å². The standard InChI is InChI=1S/C16H21N5/c1-5-11-9-12(6-2)21(20-11)16-14(10-17)13(7-3)15(8-4)18-19-16/h9H,5-8H2,1-4H3. The van der Waals surface area contributed by atoms with Crippen molar-refractivity contribution >= 4 is 0 Å². The summed E-state index contributed by atoms with van der Waals surface area (Å²) in [6.45, 7) is 8.22. The first kappa shape index (κ1) is 15.2. The van der Waals surface area contributed by atoms with Gasteiger partial charge in [-0.05, 0) is 37.3 Å². The average Bonchev–Trinajstić information content (AvgIpc) is 2.96. The lowest BCUT2D eigenvalue weighted by Crippen LogP contribution is -2.12. The lowest BCUT2D eigenvalue weighted by Gasteiger charge is -2.11. The monoisotopic (exact) mass is 283 g/mol. The zero-order chi connectivity index (χ0) is 15.4. The van der Waals surface area contributed by atoms with E-state index in [0.717, 1.165) is 48.3 Å². The highest BCUT2D eigenvalue weighted by molar-refractivity contribution is 5.50. The molecule has 2 heterocycles. The summed E-state index contributed by atoms with van der Waals surface area (Å²) in [5.41, 5.74) is 4.56. The molecule has 0 aromatic carbocycles. The highest BCUT2D eigenvalue weighted by atomic mass is 15.4. The van der Waals surface area contributed by atoms with Crippen LogP contribution in [0.3, 0.4) is 0 Å². The number of aryl methyl sites for hydroxylation is 3. The van der Waals surface area contributed by atoms with Crippen LogP contribution >= 0.6 is 0 Å². The van der Waals surface area contributed by atoms with Gasteiger partial charge in [0.2, 0.25) is 0 Å². The molecule has 0 amide bonds. The van der Waals surface area contributed by atoms with E-state index in [4.69, 9.17) is 0 Å². The Kier molecular flexibility index (Phi) is 4.69. The molecule has 5 heteroatoms. The summed E-state index contributed by atoms with van der Waals surface area (Å²) in [6, 6.07) is 4.38. The Morgan fingerprint density at radius 3 is 2.33 bits per heavy atom. The molecule has 2 aromatic rings. The summed E-state index contributed by atoms with van der Waals surface area (Å²) in [4.78, 5) is 0. The van der Waals surface area contributed by atoms with Crippen molar-refractivity contribution < 1.29 is 0 Å². The topological polar surface area (TPSA) is 67.4 Å². The van der Waals surface area contributed by atoms with Crippen LogP contribution in [-0.4, -0.2) is 20.0 Å². The van der Waals surface area contributed by atoms with Gasteiger partial charge in [0.1, 0.15) is 11.6 Å². The van der Waals surface area contributed by atoms with Gasteiger partial charge in [-0.2, -0.15) is 15.5 Å². The number of rotatable bonds is 5. The summed E-state index contributed by atoms with van der Waals surface area (Å²) in [5.74, 6) is 0.558. The summed E-state index contributed by atoms with van der Waals surface area (Å²) in [5, 5.41) is 22.7. The number of nitrogens with zero attached hydrogens (tertiary/aromatic N) is 5. The van der Waals surface area contributed by atoms with Gasteiger partial charge in [-0.15, -0.1) is 5.10 Å². The van der Waals surface area contributed by atoms with Crippen LogP contribution in [0.2, 0.25) is 0 Å². The first-order valence-corrected chi connectivity index (χ1v) is 7.56. The first-order valence-electron chi connectivity index (χ1n) is 7.56. The lowest BCUT2D eigenvalue weighted by molar-refractivity contribution is 0.735. The van der Waals surface area contributed by atoms with Crippen molar-refractivity contribution in [3.8, 4) is 11.9 Å². The van der Waals surface area contributed by atoms with E-state index >= 15 is 0 Å². The Balaban J connectivity index is 2.70. The Bertz CT molecular complexity index is 679. The van der Waals surface area contributed by atoms with E-state index in [-0.39, 0.29) is 0 Å². The smallest absolute Gasteiger partial charge is 0.194 e. The number of nitriles is 1. The van der Waals surface area contributed by atoms with Crippen LogP contribution in [0, 0.1) is 11.3 Å². The third-order valence-electron chi connectivity index (χ3n) is 3.70. The van der Waals surface area contributed by atoms with E-state index in [1.54, 1.807) is 4.68 Å². The first-order chi connectivity index (χ1) is 10.2. The van der Waals surface area contributed by atoms with Crippen LogP contribution in [0.4, 0.5) is 0 Å². The fourth-order valence-electron chi connectivity index (χ4n) is 2.51. The lowest BCUT2D eigenvalue weighted by atomic mass is 10.0. The van der Waals surface area contributed by atoms with Crippen LogP contribution in [-0.2, 0) is 25.7 Å². The number of hydrogen-bond donors (Lipinski definition) is 0. The predicted octanol–water partition coefficient (Wildman–Crippen LogP) is 2.78. The second-order valence-electron chi connectivity index (χ2n) is 4.89. The Hall–Kier alpha value is -2.22. The third kappa shape index (κ3) is 2.66. The molecule has 2 aromatic heterocycles. The molecule has 110 valence electrons. The highest BCUT2D eigenvalue weighted by Gasteiger charge is 2.18. The van der Waals surface area contributed by atoms with Gasteiger partial charge in [-0.25, -0.2) is 4.68 Å². The van der Waals surface area contributed by atoms with Crippen LogP contribution < -0.4 is 0 Å². The molecule has 0 atom stereocenters. The molecule has 0 unspecified atom stereocenters. The van der Waals surface area contributed by atoms with Crippen LogP contribution in [0.1, 0.15) is 55.9 Å². The van der Waals surface area contributed by atoms with E-state index in [9.17, 15) is 5.26 Å². The predicted molar refractivity (Wildman–Crippen MR) is 81.4 cm³/mol. The zero-order valence-electron chi connectivity index (χ0n) is 13.1. The van der Waals surface area contributed by atoms with Crippen molar-refractivity contribution in [2.24, 2.45) is 0 Å². The molecule has 0 radical (unpaired) electrons. The summed E-state index contributed by atoms with van der Waals surface area (Å²) >= 11 is 0. The maximum atomic E-state index is 9.58. The van der Waals surface area contributed by atoms with E-state index in [1.165, 1.54) is 0 Å². The minimum absolute atomic E-state index is 0.558. The van der Waals surface area contributed by atoms with Crippen molar-refractivity contribution in [1.29, 1.82) is 5.26 Å². The summed E-state index contributed by atoms with van der Waals surface area (Å²) in [6.07, 6.45) is 3.27. The maximum Gasteiger partial charge on any atom is 0.194 e. The van der Waals surface area contributed by atoms with Gasteiger partial charge in [0.05, 0.1) is 11.4 Å². The summed E-state index contributed by atoms with van der Waals surface area (Å²) in [7, 11) is 0. The van der Waals surface area contributed by atoms with Crippen LogP contribution in [0.5, 0.6) is 0 Å². The SMILES string of the molecule is CCc1cc(CC)n(-c2nnc(CC)c(CC)c2C#N)n1. The molecule has 0 spiro atoms. The van der Waals surface area contributed by atoms with Gasteiger partial charge in [0, 0.05) is 5.69 Å². The Morgan fingerprint density at radius 2 is 1.81 bits per heavy atom. The van der Waals surface area contributed by atoms with Gasteiger partial charge < -0.3 is 0 Å². The highest BCUT2D eigenvalue weighted by Crippen LogP contribution is 2.21. The molecule has 0 aliphatic rings. The van der Waals surface area contributed by atoms with Crippen molar-refractivity contribution in [3.63, 3.8) is 0 Å². The molecular weight excluding hydrogens is 262 g/mol. The molecule has 0 saturated carbocycles. The van der Waals surface area contributed by atoms with Gasteiger partial charge in [0.25, 0.3) is 0 Å². The van der Waals surface area contributed by atoms with E-state index in [1.807, 2.05) is 13.8 Å². The molecule has 21 heavy (non-hydrogen) atoms. The zero-order valence-corrected chi connectivity index (χ0v) is 13.1. The fourth-order valence-corrected chi connectivity index (χ4v) is 2.51. The Labute approximate surface area is 125 Å². The van der Waals surface area contributed by atoms with Crippen molar-refractivity contribution in [2.45, 2.75) is 53.4 Å². The second kappa shape index (κ2) is 6.49. The molecule has 0 aliphatic carbocycles. The minimum Gasteiger partial charge on any atom is -0.216 e. The third-order valence-corrected chi connectivity index (χ3v) is 3.70. The largest absolute Gasteiger partial charge is 0.216 e. The molecular formula is C16H21N5. The van der Waals surface area contributed by atoms with Gasteiger partial charge in [0.15, 0.2) is 5.82 Å². The van der Waals surface area contributed by atoms with E-state index in [2.05, 4.69) is 41.3 Å². The van der Waals surface area contributed by atoms with Crippen molar-refractivity contribution in [2.75, 3.05) is 0 Å². The fraction of sp³-hybridized carbons (Fsp3) is 0.500. The second-order valence-corrected chi connectivity index (χ2v) is 4.89. The van der Waals surface area contributed by atoms with Gasteiger partial charge in [-0.1, -0.05) is 27.7 Å². The van der Waals surface area contributed by atoms with Crippen molar-refractivity contribution in [3.05, 3.63) is 34.3 Å². The quantitative estimate of drug-likeness (QED) is 0.846. The summed E-state index contributed by atoms with van der Waals surface area (Å²) < 4.78 is 1.78. The molecule has 0 saturated heterocycles. The normalized spacial score (nSPS) is 10.6. The van der Waals surface area contributed by atoms with E-state index < -0.39 is 0 Å². The average molecular weight is 283 g/mol. The minimum atomic E-state index is 0.558. The van der Waals surface area contributed by atoms with Crippen LogP contribution in [0.25, 0.3) is 5.82 Å². The molecule has 2 rings (SSSR count). The molecule has 5 nitrogen and oxygen atoms in total. The van der Waals surface area contributed by atoms with E-state index in [0.29, 0.717) is 11.4 Å². The number of aromatic nitrogens is 4. The Morgan fingerprint density at radius 1 is 1.05 bits per heavy atom. The van der Waals surface area contributed by atoms with Crippen molar-refractivity contribution in [1.82, 2.24) is 20.0 Å². The number of hydrogen-bond acceptors (Lipinski definition) is 4. The molecule has 0 bridgehead atoms. The van der Waals surface area contributed by atoms with Gasteiger partial charge in [-0.3, -0.25) is 0 Å². The molecule has 0 fully saturated rings. The molecule has 0 N–H and O–H groups in total. The van der Waals surface area contributed by atoms with Crippen LogP contribution in [0.15, 0.2) is 6.07 Å². The maximum absolute atomic E-state index is 9.58. The molecule has 0 aliphatic heterocycles.